The third-order valence-electron chi connectivity index (χ3n) is 3.36. The van der Waals surface area contributed by atoms with Crippen LogP contribution in [0.15, 0.2) is 23.3 Å². The smallest absolute Gasteiger partial charge is 0.275 e. The summed E-state index contributed by atoms with van der Waals surface area (Å²) in [7, 11) is 0. The topological polar surface area (TPSA) is 82.0 Å². The highest BCUT2D eigenvalue weighted by Gasteiger charge is 2.20. The van der Waals surface area contributed by atoms with Crippen LogP contribution in [0.25, 0.3) is 0 Å². The van der Waals surface area contributed by atoms with Crippen molar-refractivity contribution < 1.29 is 14.7 Å². The number of carbonyl (C=O) groups is 2. The molecule has 0 radical (unpaired) electrons. The third-order valence-corrected chi connectivity index (χ3v) is 3.59. The van der Waals surface area contributed by atoms with Crippen LogP contribution in [0.2, 0.25) is 5.02 Å². The van der Waals surface area contributed by atoms with Gasteiger partial charge in [-0.15, -0.1) is 0 Å². The Morgan fingerprint density at radius 3 is 2.38 bits per heavy atom. The molecule has 1 rings (SSSR count). The van der Waals surface area contributed by atoms with Crippen LogP contribution in [0.4, 0.5) is 0 Å². The van der Waals surface area contributed by atoms with Crippen LogP contribution in [0.5, 0.6) is 5.75 Å². The second-order valence-corrected chi connectivity index (χ2v) is 6.55. The summed E-state index contributed by atoms with van der Waals surface area (Å²) in [6.07, 6.45) is 0.109. The molecule has 132 valence electrons. The molecule has 1 aromatic rings. The Kier molecular flexibility index (Phi) is 7.22. The maximum Gasteiger partial charge on any atom is 0.275 e. The van der Waals surface area contributed by atoms with Crippen molar-refractivity contribution in [1.82, 2.24) is 10.3 Å². The Hall–Kier alpha value is -2.08. The molecule has 6 nitrogen and oxygen atoms in total. The van der Waals surface area contributed by atoms with Gasteiger partial charge < -0.3 is 10.0 Å². The van der Waals surface area contributed by atoms with E-state index < -0.39 is 5.91 Å². The van der Waals surface area contributed by atoms with Crippen molar-refractivity contribution in [3.05, 3.63) is 28.8 Å². The average molecular weight is 354 g/mol. The molecule has 0 saturated heterocycles. The number of carbonyl (C=O) groups excluding carboxylic acids is 2. The lowest BCUT2D eigenvalue weighted by Gasteiger charge is -2.30. The molecule has 2 amide bonds. The minimum atomic E-state index is -0.591. The lowest BCUT2D eigenvalue weighted by Crippen LogP contribution is -2.42. The van der Waals surface area contributed by atoms with Crippen molar-refractivity contribution in [1.29, 1.82) is 0 Å². The van der Waals surface area contributed by atoms with Crippen molar-refractivity contribution in [2.24, 2.45) is 5.10 Å². The quantitative estimate of drug-likeness (QED) is 0.608. The van der Waals surface area contributed by atoms with E-state index in [1.165, 1.54) is 18.2 Å². The average Bonchev–Trinajstić information content (AvgIpc) is 2.46. The number of nitrogens with one attached hydrogen (secondary N) is 1. The Morgan fingerprint density at radius 2 is 1.83 bits per heavy atom. The molecule has 24 heavy (non-hydrogen) atoms. The molecule has 0 unspecified atom stereocenters. The first-order valence-corrected chi connectivity index (χ1v) is 8.14. The van der Waals surface area contributed by atoms with Gasteiger partial charge in [0, 0.05) is 22.8 Å². The molecule has 0 aliphatic heterocycles. The Morgan fingerprint density at radius 1 is 1.25 bits per heavy atom. The second-order valence-electron chi connectivity index (χ2n) is 6.11. The maximum atomic E-state index is 12.3. The van der Waals surface area contributed by atoms with E-state index in [0.29, 0.717) is 10.7 Å². The first-order chi connectivity index (χ1) is 11.1. The summed E-state index contributed by atoms with van der Waals surface area (Å²) in [6.45, 7) is 9.47. The highest BCUT2D eigenvalue weighted by atomic mass is 35.5. The van der Waals surface area contributed by atoms with E-state index in [0.717, 1.165) is 0 Å². The molecule has 0 aromatic heterocycles. The Balaban J connectivity index is 2.75. The van der Waals surface area contributed by atoms with Crippen molar-refractivity contribution in [3.8, 4) is 5.75 Å². The molecule has 0 fully saturated rings. The fraction of sp³-hybridized carbons (Fsp3) is 0.471. The van der Waals surface area contributed by atoms with Crippen molar-refractivity contribution in [3.63, 3.8) is 0 Å². The van der Waals surface area contributed by atoms with Gasteiger partial charge >= 0.3 is 0 Å². The summed E-state index contributed by atoms with van der Waals surface area (Å²) in [5.74, 6) is -0.834. The summed E-state index contributed by atoms with van der Waals surface area (Å²) < 4.78 is 0. The molecule has 0 aliphatic rings. The number of hydrogen-bond acceptors (Lipinski definition) is 4. The van der Waals surface area contributed by atoms with Crippen LogP contribution in [0.3, 0.4) is 0 Å². The van der Waals surface area contributed by atoms with Gasteiger partial charge in [0.2, 0.25) is 5.91 Å². The normalized spacial score (nSPS) is 11.8. The molecule has 0 bridgehead atoms. The van der Waals surface area contributed by atoms with Gasteiger partial charge in [0.15, 0.2) is 0 Å². The van der Waals surface area contributed by atoms with Crippen LogP contribution >= 0.6 is 11.6 Å². The summed E-state index contributed by atoms with van der Waals surface area (Å²) in [5, 5.41) is 13.9. The van der Waals surface area contributed by atoms with E-state index in [1.807, 2.05) is 27.7 Å². The maximum absolute atomic E-state index is 12.3. The summed E-state index contributed by atoms with van der Waals surface area (Å²) in [4.78, 5) is 26.1. The highest BCUT2D eigenvalue weighted by Crippen LogP contribution is 2.21. The van der Waals surface area contributed by atoms with Gasteiger partial charge in [-0.3, -0.25) is 9.59 Å². The minimum absolute atomic E-state index is 0.0244. The zero-order valence-corrected chi connectivity index (χ0v) is 15.4. The molecule has 1 aromatic carbocycles. The molecular weight excluding hydrogens is 330 g/mol. The van der Waals surface area contributed by atoms with Gasteiger partial charge in [-0.25, -0.2) is 5.43 Å². The lowest BCUT2D eigenvalue weighted by atomic mass is 10.2. The summed E-state index contributed by atoms with van der Waals surface area (Å²) in [5.41, 5.74) is 2.83. The molecule has 0 atom stereocenters. The fourth-order valence-electron chi connectivity index (χ4n) is 2.42. The third kappa shape index (κ3) is 5.53. The van der Waals surface area contributed by atoms with E-state index in [4.69, 9.17) is 11.6 Å². The van der Waals surface area contributed by atoms with Gasteiger partial charge in [0.05, 0.1) is 12.0 Å². The summed E-state index contributed by atoms with van der Waals surface area (Å²) in [6, 6.07) is 4.33. The molecule has 0 aliphatic carbocycles. The predicted octanol–water partition coefficient (Wildman–Crippen LogP) is 3.19. The van der Waals surface area contributed by atoms with Crippen molar-refractivity contribution in [2.45, 2.75) is 53.1 Å². The number of amides is 2. The molecular formula is C17H24ClN3O3. The number of benzene rings is 1. The number of rotatable bonds is 6. The number of nitrogens with zero attached hydrogens (tertiary/aromatic N) is 2. The number of hydrogen-bond donors (Lipinski definition) is 2. The fourth-order valence-corrected chi connectivity index (χ4v) is 2.59. The molecule has 0 spiro atoms. The zero-order valence-electron chi connectivity index (χ0n) is 14.6. The van der Waals surface area contributed by atoms with E-state index in [2.05, 4.69) is 10.5 Å². The number of hydrazone groups is 1. The number of phenols is 1. The van der Waals surface area contributed by atoms with Crippen molar-refractivity contribution >= 4 is 29.1 Å². The lowest BCUT2D eigenvalue weighted by molar-refractivity contribution is -0.133. The monoisotopic (exact) mass is 353 g/mol. The molecule has 2 N–H and O–H groups in total. The van der Waals surface area contributed by atoms with Crippen molar-refractivity contribution in [2.75, 3.05) is 0 Å². The van der Waals surface area contributed by atoms with Gasteiger partial charge in [0.1, 0.15) is 5.75 Å². The number of halogens is 1. The van der Waals surface area contributed by atoms with Gasteiger partial charge in [-0.2, -0.15) is 5.10 Å². The first-order valence-electron chi connectivity index (χ1n) is 7.76. The number of aromatic hydroxyl groups is 1. The zero-order chi connectivity index (χ0) is 18.4. The molecule has 7 heteroatoms. The largest absolute Gasteiger partial charge is 0.507 e. The highest BCUT2D eigenvalue weighted by molar-refractivity contribution is 6.31. The second kappa shape index (κ2) is 8.68. The van der Waals surface area contributed by atoms with Crippen LogP contribution in [0.1, 0.15) is 51.4 Å². The van der Waals surface area contributed by atoms with Crippen LogP contribution < -0.4 is 5.43 Å². The van der Waals surface area contributed by atoms with Gasteiger partial charge in [-0.1, -0.05) is 11.6 Å². The molecule has 0 saturated carbocycles. The van der Waals surface area contributed by atoms with E-state index in [9.17, 15) is 14.7 Å². The first kappa shape index (κ1) is 20.0. The standard InChI is InChI=1S/C17H24ClN3O3/c1-10(2)21(11(3)4)16(23)8-12(5)19-20-17(24)14-9-13(18)6-7-15(14)22/h6-7,9-11,22H,8H2,1-5H3,(H,20,24)/b19-12-. The summed E-state index contributed by atoms with van der Waals surface area (Å²) >= 11 is 5.81. The van der Waals surface area contributed by atoms with E-state index >= 15 is 0 Å². The van der Waals surface area contributed by atoms with Crippen LogP contribution in [-0.4, -0.2) is 39.6 Å². The number of phenolic OH excluding ortho intramolecular Hbond substituents is 1. The minimum Gasteiger partial charge on any atom is -0.507 e. The van der Waals surface area contributed by atoms with E-state index in [1.54, 1.807) is 11.8 Å². The van der Waals surface area contributed by atoms with Crippen LogP contribution in [0, 0.1) is 0 Å². The van der Waals surface area contributed by atoms with E-state index in [-0.39, 0.29) is 35.7 Å². The predicted molar refractivity (Wildman–Crippen MR) is 95.4 cm³/mol. The Labute approximate surface area is 147 Å². The molecule has 0 heterocycles. The SMILES string of the molecule is C/C(CC(=O)N(C(C)C)C(C)C)=N/NC(=O)c1cc(Cl)ccc1O. The van der Waals surface area contributed by atoms with Gasteiger partial charge in [-0.05, 0) is 52.8 Å². The Bertz CT molecular complexity index is 634. The van der Waals surface area contributed by atoms with Gasteiger partial charge in [0.25, 0.3) is 5.91 Å². The van der Waals surface area contributed by atoms with Crippen LogP contribution in [-0.2, 0) is 4.79 Å².